The number of aryl methyl sites for hydroxylation is 2. The molecular weight excluding hydrogens is 1170 g/mol. The second-order valence-electron chi connectivity index (χ2n) is 18.2. The molecule has 4 atom stereocenters. The van der Waals surface area contributed by atoms with Gasteiger partial charge in [-0.15, -0.1) is 35.7 Å². The number of fused-ring (bicyclic) bond motifs is 6. The van der Waals surface area contributed by atoms with Crippen LogP contribution in [-0.2, 0) is 66.8 Å². The maximum absolute atomic E-state index is 14.2. The van der Waals surface area contributed by atoms with Gasteiger partial charge in [0.25, 0.3) is 0 Å². The first-order valence-electron chi connectivity index (χ1n) is 25.5. The van der Waals surface area contributed by atoms with E-state index >= 15 is 0 Å². The van der Waals surface area contributed by atoms with Crippen molar-refractivity contribution in [2.75, 3.05) is 41.7 Å². The maximum Gasteiger partial charge on any atom is 0.452 e. The Morgan fingerprint density at radius 3 is 1.54 bits per heavy atom. The van der Waals surface area contributed by atoms with E-state index in [0.717, 1.165) is 9.13 Å². The van der Waals surface area contributed by atoms with E-state index in [9.17, 15) is 35.9 Å². The average Bonchev–Trinajstić information content (AvgIpc) is 1.85. The predicted molar refractivity (Wildman–Crippen MR) is 279 cm³/mol. The number of benzene rings is 4. The number of aromatic nitrogens is 14. The van der Waals surface area contributed by atoms with Crippen LogP contribution in [0, 0.1) is 0 Å². The van der Waals surface area contributed by atoms with Crippen molar-refractivity contribution in [2.45, 2.75) is 89.4 Å². The molecule has 24 nitrogen and oxygen atoms in total. The highest BCUT2D eigenvalue weighted by Crippen LogP contribution is 2.50. The summed E-state index contributed by atoms with van der Waals surface area (Å²) in [5.74, 6) is -1.81. The van der Waals surface area contributed by atoms with Gasteiger partial charge in [-0.1, -0.05) is 47.5 Å². The van der Waals surface area contributed by atoms with Gasteiger partial charge < -0.3 is 37.9 Å². The Hall–Kier alpha value is -8.48. The first-order chi connectivity index (χ1) is 40.3. The zero-order valence-corrected chi connectivity index (χ0v) is 46.8. The Labute approximate surface area is 482 Å². The van der Waals surface area contributed by atoms with Crippen LogP contribution in [0.15, 0.2) is 72.8 Å². The minimum atomic E-state index is -4.83. The third kappa shape index (κ3) is 12.7. The molecule has 0 saturated carbocycles. The number of nitrogens with zero attached hydrogens (tertiary/aromatic N) is 14. The molecule has 0 unspecified atom stereocenters. The van der Waals surface area contributed by atoms with Crippen molar-refractivity contribution < 1.29 is 73.8 Å². The summed E-state index contributed by atoms with van der Waals surface area (Å²) in [5, 5.41) is 38.8. The molecule has 0 aliphatic carbocycles. The van der Waals surface area contributed by atoms with Crippen LogP contribution >= 0.6 is 23.2 Å². The van der Waals surface area contributed by atoms with Crippen LogP contribution in [-0.4, -0.2) is 124 Å². The van der Waals surface area contributed by atoms with Crippen LogP contribution in [0.1, 0.15) is 108 Å². The molecule has 0 radical (unpaired) electrons. The number of para-hydroxylation sites is 2. The average molecular weight is 1220 g/mol. The number of hydrogen-bond acceptors (Lipinski definition) is 20. The van der Waals surface area contributed by atoms with Crippen molar-refractivity contribution >= 4 is 35.1 Å². The monoisotopic (exact) mass is 1210 g/mol. The molecule has 444 valence electrons. The number of carbonyl (C=O) groups is 2. The van der Waals surface area contributed by atoms with Crippen molar-refractivity contribution in [1.82, 2.24) is 69.9 Å². The summed E-state index contributed by atoms with van der Waals surface area (Å²) in [6, 6.07) is 19.2. The van der Waals surface area contributed by atoms with Crippen molar-refractivity contribution in [1.29, 1.82) is 0 Å². The van der Waals surface area contributed by atoms with E-state index in [1.54, 1.807) is 50.2 Å². The lowest BCUT2D eigenvalue weighted by molar-refractivity contribution is -0.147. The Morgan fingerprint density at radius 2 is 1.07 bits per heavy atom. The number of hydrogen-bond donors (Lipinski definition) is 0. The van der Waals surface area contributed by atoms with Crippen molar-refractivity contribution in [3.05, 3.63) is 140 Å². The molecule has 4 aromatic carbocycles. The molecule has 32 heteroatoms. The number of esters is 2. The molecule has 0 N–H and O–H groups in total. The maximum atomic E-state index is 14.2. The molecular formula is C52H50Cl2F6N14O10. The zero-order chi connectivity index (χ0) is 60.0. The van der Waals surface area contributed by atoms with Gasteiger partial charge in [0.1, 0.15) is 37.3 Å². The Balaban J connectivity index is 0.000000202. The molecule has 0 bridgehead atoms. The van der Waals surface area contributed by atoms with E-state index in [4.69, 9.17) is 61.1 Å². The standard InChI is InChI=1S/2C26H25ClF3N7O5/c1-4-41-21(38)13-20-31-34-35-36(20)11-10-19-24-32-33-25(26(28,29)30)37(24)17-9-8-14(27)12-16(17)22(42-19)15-6-5-7-18(39-2)23(15)40-3;1-4-41-21(38)13-20-31-35-36(34-20)11-10-19-24-32-33-25(26(28,29)30)37(24)17-9-8-14(27)12-16(17)22(42-19)15-6-5-7-18(39-2)23(15)40-3/h2*5-9,12,19,22H,4,10-11,13H2,1-3H3/t2*19-,22-/m11/s1. The summed E-state index contributed by atoms with van der Waals surface area (Å²) in [7, 11) is 5.85. The summed E-state index contributed by atoms with van der Waals surface area (Å²) in [6.07, 6.45) is -13.9. The van der Waals surface area contributed by atoms with Gasteiger partial charge in [0.2, 0.25) is 11.6 Å². The van der Waals surface area contributed by atoms with Gasteiger partial charge in [-0.3, -0.25) is 18.7 Å². The second kappa shape index (κ2) is 25.6. The van der Waals surface area contributed by atoms with Crippen LogP contribution in [0.5, 0.6) is 23.0 Å². The number of tetrazole rings is 2. The minimum absolute atomic E-state index is 0.0569. The highest BCUT2D eigenvalue weighted by atomic mass is 35.5. The summed E-state index contributed by atoms with van der Waals surface area (Å²) in [6.45, 7) is 3.88. The normalized spacial score (nSPS) is 16.4. The van der Waals surface area contributed by atoms with Gasteiger partial charge in [0.05, 0.1) is 59.6 Å². The number of ether oxygens (including phenoxy) is 8. The van der Waals surface area contributed by atoms with Crippen molar-refractivity contribution in [3.63, 3.8) is 0 Å². The highest BCUT2D eigenvalue weighted by molar-refractivity contribution is 6.31. The molecule has 8 aromatic rings. The fourth-order valence-electron chi connectivity index (χ4n) is 9.56. The summed E-state index contributed by atoms with van der Waals surface area (Å²) in [4.78, 5) is 25.0. The molecule has 10 rings (SSSR count). The van der Waals surface area contributed by atoms with E-state index in [1.165, 1.54) is 74.3 Å². The first-order valence-corrected chi connectivity index (χ1v) is 26.3. The molecule has 84 heavy (non-hydrogen) atoms. The fraction of sp³-hybridized carbons (Fsp3) is 0.385. The van der Waals surface area contributed by atoms with Crippen LogP contribution in [0.25, 0.3) is 11.4 Å². The Bertz CT molecular complexity index is 3650. The minimum Gasteiger partial charge on any atom is -0.493 e. The quantitative estimate of drug-likeness (QED) is 0.0575. The van der Waals surface area contributed by atoms with Crippen molar-refractivity contribution in [2.24, 2.45) is 0 Å². The van der Waals surface area contributed by atoms with Gasteiger partial charge in [-0.2, -0.15) is 31.1 Å². The number of halogens is 8. The molecule has 2 aliphatic rings. The number of alkyl halides is 6. The van der Waals surface area contributed by atoms with E-state index in [2.05, 4.69) is 51.3 Å². The zero-order valence-electron chi connectivity index (χ0n) is 45.3. The van der Waals surface area contributed by atoms with Crippen LogP contribution in [0.3, 0.4) is 0 Å². The number of carbonyl (C=O) groups excluding carboxylic acids is 2. The number of rotatable bonds is 18. The Morgan fingerprint density at radius 1 is 0.583 bits per heavy atom. The summed E-state index contributed by atoms with van der Waals surface area (Å²) >= 11 is 12.7. The molecule has 0 amide bonds. The molecule has 4 aromatic heterocycles. The predicted octanol–water partition coefficient (Wildman–Crippen LogP) is 8.60. The molecule has 0 fully saturated rings. The second-order valence-corrected chi connectivity index (χ2v) is 19.0. The third-order valence-electron chi connectivity index (χ3n) is 13.0. The molecule has 6 heterocycles. The molecule has 2 aliphatic heterocycles. The van der Waals surface area contributed by atoms with E-state index in [0.29, 0.717) is 45.3 Å². The molecule has 0 saturated heterocycles. The van der Waals surface area contributed by atoms with Gasteiger partial charge in [-0.25, -0.2) is 4.68 Å². The summed E-state index contributed by atoms with van der Waals surface area (Å²) in [5.41, 5.74) is 1.91. The third-order valence-corrected chi connectivity index (χ3v) is 13.5. The number of methoxy groups -OCH3 is 4. The van der Waals surface area contributed by atoms with E-state index in [1.807, 2.05) is 0 Å². The highest BCUT2D eigenvalue weighted by Gasteiger charge is 2.45. The van der Waals surface area contributed by atoms with E-state index in [-0.39, 0.29) is 96.7 Å². The first kappa shape index (κ1) is 60.1. The van der Waals surface area contributed by atoms with Crippen LogP contribution in [0.4, 0.5) is 26.3 Å². The fourth-order valence-corrected chi connectivity index (χ4v) is 9.92. The lowest BCUT2D eigenvalue weighted by atomic mass is 9.98. The smallest absolute Gasteiger partial charge is 0.452 e. The van der Waals surface area contributed by atoms with Crippen LogP contribution < -0.4 is 18.9 Å². The topological polar surface area (TPSA) is 257 Å². The van der Waals surface area contributed by atoms with E-state index < -0.39 is 60.4 Å². The van der Waals surface area contributed by atoms with Crippen molar-refractivity contribution in [3.8, 4) is 34.4 Å². The SMILES string of the molecule is CCOC(=O)Cc1nnn(CC[C@H]2O[C@H](c3cccc(OC)c3OC)c3cc(Cl)ccc3-n3c2nnc3C(F)(F)F)n1.CCOC(=O)Cc1nnnn1CC[C@H]1O[C@H](c2cccc(OC)c2OC)c2cc(Cl)ccc2-n2c1nnc2C(F)(F)F. The van der Waals surface area contributed by atoms with Crippen LogP contribution in [0.2, 0.25) is 10.0 Å². The van der Waals surface area contributed by atoms with Gasteiger partial charge in [-0.05, 0) is 78.0 Å². The lowest BCUT2D eigenvalue weighted by Gasteiger charge is -2.25. The summed E-state index contributed by atoms with van der Waals surface area (Å²) < 4.78 is 134. The lowest BCUT2D eigenvalue weighted by Crippen LogP contribution is -2.18. The largest absolute Gasteiger partial charge is 0.493 e. The van der Waals surface area contributed by atoms with Gasteiger partial charge in [0.15, 0.2) is 46.3 Å². The molecule has 0 spiro atoms. The van der Waals surface area contributed by atoms with Gasteiger partial charge >= 0.3 is 24.3 Å². The van der Waals surface area contributed by atoms with Gasteiger partial charge in [0, 0.05) is 51.7 Å². The Kier molecular flexibility index (Phi) is 18.3.